The van der Waals surface area contributed by atoms with E-state index in [2.05, 4.69) is 24.6 Å². The molecule has 22 heavy (non-hydrogen) atoms. The molecule has 1 fully saturated rings. The largest absolute Gasteiger partial charge is 0.354 e. The Kier molecular flexibility index (Phi) is 3.58. The minimum Gasteiger partial charge on any atom is -0.354 e. The van der Waals surface area contributed by atoms with E-state index in [0.29, 0.717) is 6.54 Å². The zero-order chi connectivity index (χ0) is 16.0. The molecule has 120 valence electrons. The Hall–Kier alpha value is -1.71. The quantitative estimate of drug-likeness (QED) is 0.845. The molecule has 8 nitrogen and oxygen atoms in total. The van der Waals surface area contributed by atoms with E-state index in [-0.39, 0.29) is 0 Å². The summed E-state index contributed by atoms with van der Waals surface area (Å²) < 4.78 is 27.9. The van der Waals surface area contributed by atoms with E-state index in [4.69, 9.17) is 0 Å². The molecular formula is C13H20N6O2S. The second-order valence-electron chi connectivity index (χ2n) is 5.78. The molecular weight excluding hydrogens is 304 g/mol. The van der Waals surface area contributed by atoms with Gasteiger partial charge in [0, 0.05) is 33.4 Å². The molecule has 3 rings (SSSR count). The Morgan fingerprint density at radius 2 is 2.23 bits per heavy atom. The second-order valence-corrected chi connectivity index (χ2v) is 7.69. The lowest BCUT2D eigenvalue weighted by atomic mass is 10.0. The summed E-state index contributed by atoms with van der Waals surface area (Å²) in [6.45, 7) is 3.29. The van der Waals surface area contributed by atoms with Crippen molar-refractivity contribution in [3.63, 3.8) is 0 Å². The summed E-state index contributed by atoms with van der Waals surface area (Å²) in [7, 11) is -0.421. The van der Waals surface area contributed by atoms with Crippen LogP contribution in [0.4, 0.5) is 5.82 Å². The van der Waals surface area contributed by atoms with Crippen LogP contribution in [0.2, 0.25) is 0 Å². The fourth-order valence-electron chi connectivity index (χ4n) is 2.92. The van der Waals surface area contributed by atoms with Crippen LogP contribution < -0.4 is 9.62 Å². The van der Waals surface area contributed by atoms with Crippen molar-refractivity contribution in [2.75, 3.05) is 32.1 Å². The Bertz CT molecular complexity index is 789. The van der Waals surface area contributed by atoms with Gasteiger partial charge in [0.1, 0.15) is 17.8 Å². The van der Waals surface area contributed by atoms with E-state index in [1.54, 1.807) is 7.05 Å². The van der Waals surface area contributed by atoms with E-state index in [9.17, 15) is 8.42 Å². The van der Waals surface area contributed by atoms with E-state index >= 15 is 0 Å². The summed E-state index contributed by atoms with van der Waals surface area (Å²) in [5.74, 6) is 0.838. The molecule has 3 heterocycles. The van der Waals surface area contributed by atoms with E-state index in [1.165, 1.54) is 17.7 Å². The van der Waals surface area contributed by atoms with Gasteiger partial charge in [0.05, 0.1) is 10.9 Å². The number of H-pyrrole nitrogens is 1. The summed E-state index contributed by atoms with van der Waals surface area (Å²) in [6.07, 6.45) is 4.09. The minimum atomic E-state index is -3.46. The summed E-state index contributed by atoms with van der Waals surface area (Å²) in [4.78, 5) is 13.7. The lowest BCUT2D eigenvalue weighted by Gasteiger charge is -2.34. The van der Waals surface area contributed by atoms with E-state index < -0.39 is 15.7 Å². The highest BCUT2D eigenvalue weighted by atomic mass is 32.2. The third-order valence-corrected chi connectivity index (χ3v) is 6.14. The lowest BCUT2D eigenvalue weighted by molar-refractivity contribution is 0.265. The first-order valence-electron chi connectivity index (χ1n) is 7.08. The highest BCUT2D eigenvalue weighted by Crippen LogP contribution is 2.33. The van der Waals surface area contributed by atoms with Crippen molar-refractivity contribution in [3.8, 4) is 0 Å². The molecule has 0 spiro atoms. The number of aromatic amines is 1. The Balaban J connectivity index is 1.90. The van der Waals surface area contributed by atoms with Gasteiger partial charge in [-0.05, 0) is 19.4 Å². The van der Waals surface area contributed by atoms with Crippen molar-refractivity contribution < 1.29 is 8.42 Å². The summed E-state index contributed by atoms with van der Waals surface area (Å²) >= 11 is 0. The van der Waals surface area contributed by atoms with Gasteiger partial charge < -0.3 is 9.88 Å². The van der Waals surface area contributed by atoms with Crippen molar-refractivity contribution in [1.82, 2.24) is 24.0 Å². The number of aromatic nitrogens is 3. The van der Waals surface area contributed by atoms with Gasteiger partial charge in [-0.3, -0.25) is 0 Å². The molecule has 0 aliphatic carbocycles. The predicted octanol–water partition coefficient (Wildman–Crippen LogP) is 0.323. The first-order chi connectivity index (χ1) is 10.4. The van der Waals surface area contributed by atoms with Crippen LogP contribution in [-0.4, -0.2) is 60.4 Å². The average molecular weight is 324 g/mol. The number of hydrogen-bond donors (Lipinski definition) is 2. The van der Waals surface area contributed by atoms with Crippen LogP contribution in [0, 0.1) is 0 Å². The second kappa shape index (κ2) is 5.18. The summed E-state index contributed by atoms with van der Waals surface area (Å²) in [6, 6.07) is 1.94. The SMILES string of the molecule is CNS(=O)(=O)N(C)C1(C)CCN(c2ncnc3[nH]ccc23)C1. The van der Waals surface area contributed by atoms with Crippen molar-refractivity contribution in [2.24, 2.45) is 0 Å². The molecule has 1 unspecified atom stereocenters. The van der Waals surface area contributed by atoms with Gasteiger partial charge in [-0.1, -0.05) is 0 Å². The van der Waals surface area contributed by atoms with Gasteiger partial charge in [0.25, 0.3) is 10.2 Å². The third-order valence-electron chi connectivity index (χ3n) is 4.46. The molecule has 2 aromatic heterocycles. The van der Waals surface area contributed by atoms with Crippen LogP contribution in [-0.2, 0) is 10.2 Å². The molecule has 1 aliphatic heterocycles. The number of rotatable bonds is 4. The van der Waals surface area contributed by atoms with Gasteiger partial charge in [0.15, 0.2) is 0 Å². The van der Waals surface area contributed by atoms with Crippen LogP contribution in [0.1, 0.15) is 13.3 Å². The first kappa shape index (κ1) is 15.2. The number of nitrogens with zero attached hydrogens (tertiary/aromatic N) is 4. The fourth-order valence-corrected chi connectivity index (χ4v) is 3.92. The number of likely N-dealkylation sites (N-methyl/N-ethyl adjacent to an activating group) is 1. The Morgan fingerprint density at radius 1 is 1.45 bits per heavy atom. The lowest BCUT2D eigenvalue weighted by Crippen LogP contribution is -2.52. The molecule has 2 aromatic rings. The van der Waals surface area contributed by atoms with Crippen LogP contribution >= 0.6 is 0 Å². The first-order valence-corrected chi connectivity index (χ1v) is 8.52. The van der Waals surface area contributed by atoms with Crippen LogP contribution in [0.25, 0.3) is 11.0 Å². The summed E-state index contributed by atoms with van der Waals surface area (Å²) in [5.41, 5.74) is 0.310. The normalized spacial score (nSPS) is 22.8. The van der Waals surface area contributed by atoms with Gasteiger partial charge in [-0.15, -0.1) is 0 Å². The van der Waals surface area contributed by atoms with Crippen LogP contribution in [0.3, 0.4) is 0 Å². The smallest absolute Gasteiger partial charge is 0.279 e. The van der Waals surface area contributed by atoms with Gasteiger partial charge in [-0.2, -0.15) is 12.7 Å². The fraction of sp³-hybridized carbons (Fsp3) is 0.538. The molecule has 1 aliphatic rings. The topological polar surface area (TPSA) is 94.2 Å². The number of nitrogens with one attached hydrogen (secondary N) is 2. The van der Waals surface area contributed by atoms with E-state index in [1.807, 2.05) is 19.2 Å². The Labute approximate surface area is 129 Å². The maximum Gasteiger partial charge on any atom is 0.279 e. The molecule has 9 heteroatoms. The zero-order valence-electron chi connectivity index (χ0n) is 12.9. The number of hydrogen-bond acceptors (Lipinski definition) is 5. The molecule has 1 saturated heterocycles. The molecule has 0 amide bonds. The molecule has 0 aromatic carbocycles. The standard InChI is InChI=1S/C13H20N6O2S/c1-13(18(3)22(20,21)14-2)5-7-19(8-13)12-10-4-6-15-11(10)16-9-17-12/h4,6,9,14H,5,7-8H2,1-3H3,(H,15,16,17). The Morgan fingerprint density at radius 3 is 2.95 bits per heavy atom. The highest BCUT2D eigenvalue weighted by molar-refractivity contribution is 7.87. The van der Waals surface area contributed by atoms with Gasteiger partial charge in [-0.25, -0.2) is 14.7 Å². The van der Waals surface area contributed by atoms with Crippen molar-refractivity contribution >= 4 is 27.1 Å². The predicted molar refractivity (Wildman–Crippen MR) is 84.9 cm³/mol. The molecule has 0 radical (unpaired) electrons. The van der Waals surface area contributed by atoms with Crippen LogP contribution in [0.5, 0.6) is 0 Å². The monoisotopic (exact) mass is 324 g/mol. The van der Waals surface area contributed by atoms with Crippen LogP contribution in [0.15, 0.2) is 18.6 Å². The van der Waals surface area contributed by atoms with Crippen molar-refractivity contribution in [3.05, 3.63) is 18.6 Å². The maximum absolute atomic E-state index is 12.1. The average Bonchev–Trinajstić information content (AvgIpc) is 3.13. The summed E-state index contributed by atoms with van der Waals surface area (Å²) in [5, 5.41) is 0.950. The maximum atomic E-state index is 12.1. The molecule has 2 N–H and O–H groups in total. The molecule has 1 atom stereocenters. The molecule has 0 bridgehead atoms. The van der Waals surface area contributed by atoms with E-state index in [0.717, 1.165) is 29.8 Å². The third kappa shape index (κ3) is 2.34. The number of anilines is 1. The van der Waals surface area contributed by atoms with Crippen molar-refractivity contribution in [2.45, 2.75) is 18.9 Å². The van der Waals surface area contributed by atoms with Gasteiger partial charge >= 0.3 is 0 Å². The number of fused-ring (bicyclic) bond motifs is 1. The van der Waals surface area contributed by atoms with Crippen molar-refractivity contribution in [1.29, 1.82) is 0 Å². The molecule has 0 saturated carbocycles. The minimum absolute atomic E-state index is 0.477. The van der Waals surface area contributed by atoms with Gasteiger partial charge in [0.2, 0.25) is 0 Å². The zero-order valence-corrected chi connectivity index (χ0v) is 13.7. The highest BCUT2D eigenvalue weighted by Gasteiger charge is 2.42.